The van der Waals surface area contributed by atoms with E-state index in [2.05, 4.69) is 10.1 Å². The highest BCUT2D eigenvalue weighted by Crippen LogP contribution is 2.22. The van der Waals surface area contributed by atoms with Gasteiger partial charge in [-0.3, -0.25) is 4.79 Å². The Kier molecular flexibility index (Phi) is 4.81. The summed E-state index contributed by atoms with van der Waals surface area (Å²) in [4.78, 5) is 24.5. The number of carbonyl (C=O) groups is 2. The standard InChI is InChI=1S/C13H15ClN2O4/c1-19-13(18)15-6-11-7-16(12(17)8-20-11)10-4-2-3-9(14)5-10/h2-5,11H,6-8H2,1H3,(H,15,18). The Bertz CT molecular complexity index is 509. The number of nitrogens with zero attached hydrogens (tertiary/aromatic N) is 1. The third kappa shape index (κ3) is 3.61. The van der Waals surface area contributed by atoms with Gasteiger partial charge in [-0.05, 0) is 18.2 Å². The summed E-state index contributed by atoms with van der Waals surface area (Å²) in [5, 5.41) is 3.11. The maximum absolute atomic E-state index is 11.9. The number of nitrogens with one attached hydrogen (secondary N) is 1. The molecular weight excluding hydrogens is 284 g/mol. The molecule has 7 heteroatoms. The summed E-state index contributed by atoms with van der Waals surface area (Å²) in [6.07, 6.45) is -0.814. The van der Waals surface area contributed by atoms with Crippen molar-refractivity contribution < 1.29 is 19.1 Å². The third-order valence-electron chi connectivity index (χ3n) is 2.91. The Morgan fingerprint density at radius 3 is 3.10 bits per heavy atom. The van der Waals surface area contributed by atoms with Gasteiger partial charge in [0.1, 0.15) is 6.61 Å². The van der Waals surface area contributed by atoms with Crippen molar-refractivity contribution >= 4 is 29.3 Å². The minimum absolute atomic E-state index is 0.0277. The summed E-state index contributed by atoms with van der Waals surface area (Å²) in [5.41, 5.74) is 0.717. The SMILES string of the molecule is COC(=O)NCC1CN(c2cccc(Cl)c2)C(=O)CO1. The zero-order valence-electron chi connectivity index (χ0n) is 11.0. The molecule has 1 atom stereocenters. The fourth-order valence-electron chi connectivity index (χ4n) is 1.91. The van der Waals surface area contributed by atoms with Gasteiger partial charge in [-0.25, -0.2) is 4.79 Å². The number of rotatable bonds is 3. The first-order chi connectivity index (χ1) is 9.60. The average Bonchev–Trinajstić information content (AvgIpc) is 2.46. The molecule has 0 bridgehead atoms. The van der Waals surface area contributed by atoms with Crippen LogP contribution in [0, 0.1) is 0 Å². The normalized spacial score (nSPS) is 18.8. The van der Waals surface area contributed by atoms with Crippen LogP contribution in [0.25, 0.3) is 0 Å². The van der Waals surface area contributed by atoms with Gasteiger partial charge in [-0.15, -0.1) is 0 Å². The highest BCUT2D eigenvalue weighted by atomic mass is 35.5. The molecule has 1 aromatic rings. The number of carbonyl (C=O) groups excluding carboxylic acids is 2. The van der Waals surface area contributed by atoms with E-state index in [4.69, 9.17) is 16.3 Å². The largest absolute Gasteiger partial charge is 0.453 e. The van der Waals surface area contributed by atoms with E-state index in [9.17, 15) is 9.59 Å². The highest BCUT2D eigenvalue weighted by Gasteiger charge is 2.27. The lowest BCUT2D eigenvalue weighted by Crippen LogP contribution is -2.50. The molecule has 0 saturated carbocycles. The summed E-state index contributed by atoms with van der Waals surface area (Å²) >= 11 is 5.93. The van der Waals surface area contributed by atoms with Crippen LogP contribution in [0.4, 0.5) is 10.5 Å². The van der Waals surface area contributed by atoms with E-state index >= 15 is 0 Å². The van der Waals surface area contributed by atoms with Crippen LogP contribution in [0.15, 0.2) is 24.3 Å². The molecular formula is C13H15ClN2O4. The van der Waals surface area contributed by atoms with E-state index < -0.39 is 6.09 Å². The van der Waals surface area contributed by atoms with Crippen LogP contribution in [0.1, 0.15) is 0 Å². The van der Waals surface area contributed by atoms with E-state index in [0.29, 0.717) is 17.3 Å². The molecule has 0 spiro atoms. The van der Waals surface area contributed by atoms with Crippen molar-refractivity contribution in [2.75, 3.05) is 31.7 Å². The maximum Gasteiger partial charge on any atom is 0.406 e. The fourth-order valence-corrected chi connectivity index (χ4v) is 2.10. The van der Waals surface area contributed by atoms with E-state index in [1.807, 2.05) is 0 Å². The van der Waals surface area contributed by atoms with Gasteiger partial charge in [0.15, 0.2) is 0 Å². The summed E-state index contributed by atoms with van der Waals surface area (Å²) in [6, 6.07) is 7.05. The number of alkyl carbamates (subject to hydrolysis) is 1. The molecule has 0 aliphatic carbocycles. The van der Waals surface area contributed by atoms with Gasteiger partial charge in [-0.1, -0.05) is 17.7 Å². The molecule has 20 heavy (non-hydrogen) atoms. The first kappa shape index (κ1) is 14.6. The van der Waals surface area contributed by atoms with Crippen LogP contribution in [0.3, 0.4) is 0 Å². The molecule has 1 aromatic carbocycles. The fraction of sp³-hybridized carbons (Fsp3) is 0.385. The van der Waals surface area contributed by atoms with E-state index in [1.165, 1.54) is 7.11 Å². The minimum atomic E-state index is -0.528. The van der Waals surface area contributed by atoms with Crippen molar-refractivity contribution in [3.63, 3.8) is 0 Å². The number of ether oxygens (including phenoxy) is 2. The minimum Gasteiger partial charge on any atom is -0.453 e. The Balaban J connectivity index is 2.01. The zero-order valence-corrected chi connectivity index (χ0v) is 11.7. The second-order valence-corrected chi connectivity index (χ2v) is 4.73. The van der Waals surface area contributed by atoms with Crippen molar-refractivity contribution in [3.8, 4) is 0 Å². The van der Waals surface area contributed by atoms with Gasteiger partial charge < -0.3 is 19.7 Å². The van der Waals surface area contributed by atoms with Crippen LogP contribution < -0.4 is 10.2 Å². The maximum atomic E-state index is 11.9. The van der Waals surface area contributed by atoms with Gasteiger partial charge in [-0.2, -0.15) is 0 Å². The van der Waals surface area contributed by atoms with Crippen LogP contribution in [-0.4, -0.2) is 44.9 Å². The lowest BCUT2D eigenvalue weighted by molar-refractivity contribution is -0.129. The second kappa shape index (κ2) is 6.58. The van der Waals surface area contributed by atoms with Gasteiger partial charge in [0.05, 0.1) is 19.8 Å². The van der Waals surface area contributed by atoms with Gasteiger partial charge in [0.2, 0.25) is 0 Å². The molecule has 1 N–H and O–H groups in total. The van der Waals surface area contributed by atoms with E-state index in [0.717, 1.165) is 0 Å². The van der Waals surface area contributed by atoms with Crippen molar-refractivity contribution in [3.05, 3.63) is 29.3 Å². The molecule has 0 radical (unpaired) electrons. The van der Waals surface area contributed by atoms with Crippen LogP contribution in [0.2, 0.25) is 5.02 Å². The summed E-state index contributed by atoms with van der Waals surface area (Å²) in [7, 11) is 1.29. The predicted octanol–water partition coefficient (Wildman–Crippen LogP) is 1.43. The first-order valence-corrected chi connectivity index (χ1v) is 6.47. The molecule has 1 fully saturated rings. The number of anilines is 1. The second-order valence-electron chi connectivity index (χ2n) is 4.29. The first-order valence-electron chi connectivity index (χ1n) is 6.09. The molecule has 1 aliphatic heterocycles. The third-order valence-corrected chi connectivity index (χ3v) is 3.14. The number of morpholine rings is 1. The Labute approximate surface area is 121 Å². The quantitative estimate of drug-likeness (QED) is 0.916. The van der Waals surface area contributed by atoms with Crippen LogP contribution >= 0.6 is 11.6 Å². The zero-order chi connectivity index (χ0) is 14.5. The topological polar surface area (TPSA) is 67.9 Å². The highest BCUT2D eigenvalue weighted by molar-refractivity contribution is 6.30. The Morgan fingerprint density at radius 2 is 2.40 bits per heavy atom. The van der Waals surface area contributed by atoms with Crippen LogP contribution in [-0.2, 0) is 14.3 Å². The molecule has 2 rings (SSSR count). The van der Waals surface area contributed by atoms with Crippen molar-refractivity contribution in [1.29, 1.82) is 0 Å². The monoisotopic (exact) mass is 298 g/mol. The van der Waals surface area contributed by atoms with Crippen LogP contribution in [0.5, 0.6) is 0 Å². The molecule has 1 saturated heterocycles. The molecule has 2 amide bonds. The predicted molar refractivity (Wildman–Crippen MR) is 74.0 cm³/mol. The number of hydrogen-bond acceptors (Lipinski definition) is 4. The number of methoxy groups -OCH3 is 1. The molecule has 1 heterocycles. The molecule has 1 aliphatic rings. The average molecular weight is 299 g/mol. The summed E-state index contributed by atoms with van der Waals surface area (Å²) < 4.78 is 9.86. The lowest BCUT2D eigenvalue weighted by atomic mass is 10.2. The van der Waals surface area contributed by atoms with Crippen molar-refractivity contribution in [2.24, 2.45) is 0 Å². The van der Waals surface area contributed by atoms with Gasteiger partial charge >= 0.3 is 6.09 Å². The van der Waals surface area contributed by atoms with E-state index in [-0.39, 0.29) is 25.2 Å². The lowest BCUT2D eigenvalue weighted by Gasteiger charge is -2.32. The molecule has 108 valence electrons. The molecule has 6 nitrogen and oxygen atoms in total. The Hall–Kier alpha value is -1.79. The van der Waals surface area contributed by atoms with Gasteiger partial charge in [0.25, 0.3) is 5.91 Å². The number of benzene rings is 1. The Morgan fingerprint density at radius 1 is 1.60 bits per heavy atom. The number of amides is 2. The van der Waals surface area contributed by atoms with Gasteiger partial charge in [0, 0.05) is 17.3 Å². The molecule has 1 unspecified atom stereocenters. The van der Waals surface area contributed by atoms with E-state index in [1.54, 1.807) is 29.2 Å². The summed E-state index contributed by atoms with van der Waals surface area (Å²) in [5.74, 6) is -0.137. The van der Waals surface area contributed by atoms with Crippen molar-refractivity contribution in [2.45, 2.75) is 6.10 Å². The molecule has 0 aromatic heterocycles. The number of hydrogen-bond donors (Lipinski definition) is 1. The smallest absolute Gasteiger partial charge is 0.406 e. The number of halogens is 1. The summed E-state index contributed by atoms with van der Waals surface area (Å²) in [6.45, 7) is 0.597. The van der Waals surface area contributed by atoms with Crippen molar-refractivity contribution in [1.82, 2.24) is 5.32 Å².